The molecule has 1 aliphatic carbocycles. The normalized spacial score (nSPS) is 37.3. The number of thioether (sulfide) groups is 1. The first-order valence-corrected chi connectivity index (χ1v) is 7.91. The van der Waals surface area contributed by atoms with Gasteiger partial charge in [-0.15, -0.1) is 0 Å². The third-order valence-electron chi connectivity index (χ3n) is 4.00. The third kappa shape index (κ3) is 3.38. The van der Waals surface area contributed by atoms with Crippen molar-refractivity contribution in [3.05, 3.63) is 0 Å². The van der Waals surface area contributed by atoms with Crippen LogP contribution in [0.15, 0.2) is 0 Å². The Morgan fingerprint density at radius 2 is 2.24 bits per heavy atom. The van der Waals surface area contributed by atoms with Gasteiger partial charge in [0, 0.05) is 17.3 Å². The Bertz CT molecular complexity index is 272. The Balaban J connectivity index is 1.76. The highest BCUT2D eigenvalue weighted by molar-refractivity contribution is 7.99. The first-order chi connectivity index (χ1) is 8.20. The fraction of sp³-hybridized carbons (Fsp3) is 0.923. The summed E-state index contributed by atoms with van der Waals surface area (Å²) < 4.78 is 0. The standard InChI is InChI=1S/C13H24N2OS/c1-3-17-11-5-4-10(8-11)15-13(16)12-6-7-14-9(12)2/h9-12,14H,3-8H2,1-2H3,(H,15,16). The molecule has 0 radical (unpaired) electrons. The van der Waals surface area contributed by atoms with Gasteiger partial charge in [0.15, 0.2) is 0 Å². The second-order valence-corrected chi connectivity index (χ2v) is 6.81. The highest BCUT2D eigenvalue weighted by atomic mass is 32.2. The van der Waals surface area contributed by atoms with E-state index in [1.54, 1.807) is 0 Å². The van der Waals surface area contributed by atoms with Gasteiger partial charge in [0.1, 0.15) is 0 Å². The van der Waals surface area contributed by atoms with Gasteiger partial charge >= 0.3 is 0 Å². The summed E-state index contributed by atoms with van der Waals surface area (Å²) >= 11 is 2.04. The number of nitrogens with one attached hydrogen (secondary N) is 2. The zero-order valence-electron chi connectivity index (χ0n) is 10.9. The van der Waals surface area contributed by atoms with E-state index in [-0.39, 0.29) is 11.8 Å². The van der Waals surface area contributed by atoms with Crippen LogP contribution in [0.3, 0.4) is 0 Å². The second-order valence-electron chi connectivity index (χ2n) is 5.23. The molecule has 2 aliphatic rings. The average molecular weight is 256 g/mol. The lowest BCUT2D eigenvalue weighted by Gasteiger charge is -2.19. The molecular weight excluding hydrogens is 232 g/mol. The monoisotopic (exact) mass is 256 g/mol. The van der Waals surface area contributed by atoms with E-state index in [4.69, 9.17) is 0 Å². The minimum atomic E-state index is 0.188. The van der Waals surface area contributed by atoms with Crippen molar-refractivity contribution >= 4 is 17.7 Å². The van der Waals surface area contributed by atoms with E-state index in [0.29, 0.717) is 12.1 Å². The summed E-state index contributed by atoms with van der Waals surface area (Å²) in [5, 5.41) is 7.35. The number of carbonyl (C=O) groups is 1. The predicted molar refractivity (Wildman–Crippen MR) is 73.3 cm³/mol. The molecule has 3 nitrogen and oxygen atoms in total. The van der Waals surface area contributed by atoms with Gasteiger partial charge in [-0.05, 0) is 44.9 Å². The van der Waals surface area contributed by atoms with Crippen molar-refractivity contribution in [2.24, 2.45) is 5.92 Å². The summed E-state index contributed by atoms with van der Waals surface area (Å²) in [4.78, 5) is 12.1. The topological polar surface area (TPSA) is 41.1 Å². The molecule has 0 aromatic carbocycles. The molecule has 0 aromatic heterocycles. The fourth-order valence-corrected chi connectivity index (χ4v) is 4.13. The molecule has 4 atom stereocenters. The van der Waals surface area contributed by atoms with Crippen molar-refractivity contribution in [3.8, 4) is 0 Å². The lowest BCUT2D eigenvalue weighted by atomic mass is 10.0. The summed E-state index contributed by atoms with van der Waals surface area (Å²) in [5.74, 6) is 1.65. The van der Waals surface area contributed by atoms with Crippen molar-refractivity contribution < 1.29 is 4.79 Å². The summed E-state index contributed by atoms with van der Waals surface area (Å²) in [6, 6.07) is 0.775. The number of hydrogen-bond donors (Lipinski definition) is 2. The van der Waals surface area contributed by atoms with Crippen LogP contribution >= 0.6 is 11.8 Å². The number of rotatable bonds is 4. The van der Waals surface area contributed by atoms with Gasteiger partial charge < -0.3 is 10.6 Å². The van der Waals surface area contributed by atoms with Gasteiger partial charge in [-0.1, -0.05) is 6.92 Å². The molecule has 1 heterocycles. The summed E-state index contributed by atoms with van der Waals surface area (Å²) in [6.45, 7) is 5.31. The molecule has 1 aliphatic heterocycles. The summed E-state index contributed by atoms with van der Waals surface area (Å²) in [6.07, 6.45) is 4.59. The van der Waals surface area contributed by atoms with E-state index in [0.717, 1.165) is 24.6 Å². The van der Waals surface area contributed by atoms with Crippen LogP contribution < -0.4 is 10.6 Å². The largest absolute Gasteiger partial charge is 0.353 e. The number of hydrogen-bond acceptors (Lipinski definition) is 3. The number of carbonyl (C=O) groups excluding carboxylic acids is 1. The SMILES string of the molecule is CCSC1CCC(NC(=O)C2CCNC2C)C1. The second kappa shape index (κ2) is 6.10. The van der Waals surface area contributed by atoms with E-state index in [1.165, 1.54) is 18.6 Å². The van der Waals surface area contributed by atoms with Crippen molar-refractivity contribution in [2.75, 3.05) is 12.3 Å². The zero-order chi connectivity index (χ0) is 12.3. The smallest absolute Gasteiger partial charge is 0.224 e. The van der Waals surface area contributed by atoms with E-state index < -0.39 is 0 Å². The van der Waals surface area contributed by atoms with Crippen molar-refractivity contribution in [1.82, 2.24) is 10.6 Å². The first-order valence-electron chi connectivity index (χ1n) is 6.86. The third-order valence-corrected chi connectivity index (χ3v) is 5.23. The van der Waals surface area contributed by atoms with Crippen molar-refractivity contribution in [3.63, 3.8) is 0 Å². The molecule has 2 rings (SSSR count). The van der Waals surface area contributed by atoms with Crippen LogP contribution in [0, 0.1) is 5.92 Å². The molecule has 4 heteroatoms. The Labute approximate surface area is 108 Å². The number of amides is 1. The molecule has 17 heavy (non-hydrogen) atoms. The lowest BCUT2D eigenvalue weighted by Crippen LogP contribution is -2.41. The maximum absolute atomic E-state index is 12.1. The highest BCUT2D eigenvalue weighted by Crippen LogP contribution is 2.30. The lowest BCUT2D eigenvalue weighted by molar-refractivity contribution is -0.125. The maximum atomic E-state index is 12.1. The van der Waals surface area contributed by atoms with Crippen LogP contribution in [0.25, 0.3) is 0 Å². The molecule has 98 valence electrons. The molecule has 1 saturated carbocycles. The summed E-state index contributed by atoms with van der Waals surface area (Å²) in [7, 11) is 0. The van der Waals surface area contributed by atoms with Crippen LogP contribution in [0.2, 0.25) is 0 Å². The fourth-order valence-electron chi connectivity index (χ4n) is 2.98. The predicted octanol–water partition coefficient (Wildman–Crippen LogP) is 1.77. The average Bonchev–Trinajstić information content (AvgIpc) is 2.88. The minimum absolute atomic E-state index is 0.188. The molecule has 0 spiro atoms. The molecule has 1 amide bonds. The molecule has 2 N–H and O–H groups in total. The van der Waals surface area contributed by atoms with Crippen molar-refractivity contribution in [2.45, 2.75) is 56.9 Å². The Morgan fingerprint density at radius 1 is 1.41 bits per heavy atom. The van der Waals surface area contributed by atoms with Crippen LogP contribution in [-0.2, 0) is 4.79 Å². The van der Waals surface area contributed by atoms with Crippen LogP contribution in [0.1, 0.15) is 39.5 Å². The highest BCUT2D eigenvalue weighted by Gasteiger charge is 2.32. The Morgan fingerprint density at radius 3 is 2.88 bits per heavy atom. The van der Waals surface area contributed by atoms with E-state index >= 15 is 0 Å². The van der Waals surface area contributed by atoms with E-state index in [2.05, 4.69) is 24.5 Å². The summed E-state index contributed by atoms with van der Waals surface area (Å²) in [5.41, 5.74) is 0. The quantitative estimate of drug-likeness (QED) is 0.805. The first kappa shape index (κ1) is 13.2. The van der Waals surface area contributed by atoms with Crippen molar-refractivity contribution in [1.29, 1.82) is 0 Å². The van der Waals surface area contributed by atoms with Crippen LogP contribution in [0.5, 0.6) is 0 Å². The maximum Gasteiger partial charge on any atom is 0.224 e. The van der Waals surface area contributed by atoms with Crippen LogP contribution in [-0.4, -0.2) is 35.5 Å². The molecule has 0 aromatic rings. The molecule has 0 bridgehead atoms. The van der Waals surface area contributed by atoms with Crippen LogP contribution in [0.4, 0.5) is 0 Å². The molecule has 4 unspecified atom stereocenters. The minimum Gasteiger partial charge on any atom is -0.353 e. The molecular formula is C13H24N2OS. The zero-order valence-corrected chi connectivity index (χ0v) is 11.7. The van der Waals surface area contributed by atoms with Gasteiger partial charge in [-0.3, -0.25) is 4.79 Å². The Hall–Kier alpha value is -0.220. The molecule has 1 saturated heterocycles. The van der Waals surface area contributed by atoms with Gasteiger partial charge in [0.2, 0.25) is 5.91 Å². The van der Waals surface area contributed by atoms with E-state index in [1.807, 2.05) is 11.8 Å². The van der Waals surface area contributed by atoms with Gasteiger partial charge in [-0.2, -0.15) is 11.8 Å². The van der Waals surface area contributed by atoms with Gasteiger partial charge in [0.05, 0.1) is 5.92 Å². The Kier molecular flexibility index (Phi) is 4.74. The van der Waals surface area contributed by atoms with Gasteiger partial charge in [-0.25, -0.2) is 0 Å². The van der Waals surface area contributed by atoms with E-state index in [9.17, 15) is 4.79 Å². The van der Waals surface area contributed by atoms with Gasteiger partial charge in [0.25, 0.3) is 0 Å². The molecule has 2 fully saturated rings.